The summed E-state index contributed by atoms with van der Waals surface area (Å²) in [4.78, 5) is 2.39. The number of hydrogen-bond acceptors (Lipinski definition) is 2. The molecule has 0 saturated heterocycles. The van der Waals surface area contributed by atoms with Crippen LogP contribution >= 0.6 is 0 Å². The van der Waals surface area contributed by atoms with Crippen molar-refractivity contribution in [2.24, 2.45) is 0 Å². The normalized spacial score (nSPS) is 11.6. The van der Waals surface area contributed by atoms with Gasteiger partial charge in [-0.2, -0.15) is 0 Å². The summed E-state index contributed by atoms with van der Waals surface area (Å²) in [6.07, 6.45) is 0. The van der Waals surface area contributed by atoms with Crippen LogP contribution in [0.15, 0.2) is 192 Å². The molecule has 0 fully saturated rings. The Kier molecular flexibility index (Phi) is 6.53. The van der Waals surface area contributed by atoms with E-state index in [0.717, 1.165) is 55.5 Å². The predicted octanol–water partition coefficient (Wildman–Crippen LogP) is 13.8. The Labute approximate surface area is 290 Å². The number of rotatable bonds is 5. The molecule has 2 nitrogen and oxygen atoms in total. The maximum absolute atomic E-state index is 6.48. The van der Waals surface area contributed by atoms with Crippen LogP contribution in [-0.2, 0) is 0 Å². The lowest BCUT2D eigenvalue weighted by atomic mass is 9.98. The van der Waals surface area contributed by atoms with Crippen LogP contribution in [0.5, 0.6) is 0 Å². The van der Waals surface area contributed by atoms with Crippen molar-refractivity contribution in [3.05, 3.63) is 188 Å². The lowest BCUT2D eigenvalue weighted by molar-refractivity contribution is 0.672. The zero-order valence-corrected chi connectivity index (χ0v) is 27.3. The van der Waals surface area contributed by atoms with Gasteiger partial charge in [0.15, 0.2) is 0 Å². The number of anilines is 3. The highest BCUT2D eigenvalue weighted by molar-refractivity contribution is 6.16. The van der Waals surface area contributed by atoms with Crippen LogP contribution in [0, 0.1) is 0 Å². The first kappa shape index (κ1) is 28.4. The molecule has 0 radical (unpaired) electrons. The van der Waals surface area contributed by atoms with Gasteiger partial charge in [0.1, 0.15) is 11.2 Å². The van der Waals surface area contributed by atoms with Crippen LogP contribution in [-0.4, -0.2) is 0 Å². The van der Waals surface area contributed by atoms with Crippen LogP contribution < -0.4 is 4.90 Å². The van der Waals surface area contributed by atoms with Crippen molar-refractivity contribution in [2.75, 3.05) is 4.90 Å². The van der Waals surface area contributed by atoms with E-state index in [-0.39, 0.29) is 0 Å². The summed E-state index contributed by atoms with van der Waals surface area (Å²) in [5.41, 5.74) is 9.83. The van der Waals surface area contributed by atoms with Gasteiger partial charge in [-0.1, -0.05) is 140 Å². The maximum Gasteiger partial charge on any atom is 0.143 e. The number of furan rings is 1. The quantitative estimate of drug-likeness (QED) is 0.175. The molecule has 0 aliphatic carbocycles. The predicted molar refractivity (Wildman–Crippen MR) is 212 cm³/mol. The minimum atomic E-state index is 0.896. The molecular weight excluding hydrogens is 607 g/mol. The first-order valence-corrected chi connectivity index (χ1v) is 17.1. The third-order valence-electron chi connectivity index (χ3n) is 10.0. The van der Waals surface area contributed by atoms with Gasteiger partial charge in [0.25, 0.3) is 0 Å². The fraction of sp³-hybridized carbons (Fsp3) is 0. The van der Waals surface area contributed by atoms with Gasteiger partial charge in [-0.15, -0.1) is 0 Å². The molecule has 2 heteroatoms. The van der Waals surface area contributed by atoms with Gasteiger partial charge < -0.3 is 9.32 Å². The molecule has 0 saturated carbocycles. The highest BCUT2D eigenvalue weighted by Gasteiger charge is 2.19. The van der Waals surface area contributed by atoms with Gasteiger partial charge in [0.2, 0.25) is 0 Å². The average Bonchev–Trinajstić information content (AvgIpc) is 3.57. The SMILES string of the molecule is c1ccc(-c2ccc(N(c3ccc4c(ccc5ccccc54)c3)c3ccccc3-c3ccc4oc5c6ccccc6ccc5c4c3)cc2)cc1. The van der Waals surface area contributed by atoms with Crippen molar-refractivity contribution < 1.29 is 4.42 Å². The maximum atomic E-state index is 6.48. The second kappa shape index (κ2) is 11.5. The Hall–Kier alpha value is -6.64. The van der Waals surface area contributed by atoms with E-state index in [9.17, 15) is 0 Å². The number of benzene rings is 9. The van der Waals surface area contributed by atoms with Crippen molar-refractivity contribution in [3.63, 3.8) is 0 Å². The van der Waals surface area contributed by atoms with Crippen molar-refractivity contribution in [3.8, 4) is 22.3 Å². The third kappa shape index (κ3) is 4.65. The summed E-state index contributed by atoms with van der Waals surface area (Å²) in [5.74, 6) is 0. The smallest absolute Gasteiger partial charge is 0.143 e. The molecule has 0 bridgehead atoms. The van der Waals surface area contributed by atoms with Gasteiger partial charge in [-0.05, 0) is 92.2 Å². The molecule has 234 valence electrons. The largest absolute Gasteiger partial charge is 0.455 e. The molecule has 0 atom stereocenters. The molecular formula is C48H31NO. The van der Waals surface area contributed by atoms with Crippen molar-refractivity contribution in [1.82, 2.24) is 0 Å². The molecule has 0 spiro atoms. The van der Waals surface area contributed by atoms with Crippen LogP contribution in [0.4, 0.5) is 17.1 Å². The second-order valence-electron chi connectivity index (χ2n) is 12.9. The van der Waals surface area contributed by atoms with Gasteiger partial charge in [-0.3, -0.25) is 0 Å². The number of nitrogens with zero attached hydrogens (tertiary/aromatic N) is 1. The fourth-order valence-electron chi connectivity index (χ4n) is 7.59. The van der Waals surface area contributed by atoms with Gasteiger partial charge >= 0.3 is 0 Å². The summed E-state index contributed by atoms with van der Waals surface area (Å²) >= 11 is 0. The summed E-state index contributed by atoms with van der Waals surface area (Å²) in [7, 11) is 0. The molecule has 1 heterocycles. The number of fused-ring (bicyclic) bond motifs is 8. The summed E-state index contributed by atoms with van der Waals surface area (Å²) in [6, 6.07) is 67.6. The van der Waals surface area contributed by atoms with Crippen LogP contribution in [0.2, 0.25) is 0 Å². The Morgan fingerprint density at radius 2 is 0.940 bits per heavy atom. The number of hydrogen-bond donors (Lipinski definition) is 0. The van der Waals surface area contributed by atoms with Crippen LogP contribution in [0.1, 0.15) is 0 Å². The molecule has 9 aromatic carbocycles. The summed E-state index contributed by atoms with van der Waals surface area (Å²) in [6.45, 7) is 0. The van der Waals surface area contributed by atoms with Crippen molar-refractivity contribution in [1.29, 1.82) is 0 Å². The molecule has 1 aromatic heterocycles. The van der Waals surface area contributed by atoms with E-state index < -0.39 is 0 Å². The van der Waals surface area contributed by atoms with E-state index >= 15 is 0 Å². The van der Waals surface area contributed by atoms with E-state index in [0.29, 0.717) is 0 Å². The average molecular weight is 638 g/mol. The Balaban J connectivity index is 1.16. The van der Waals surface area contributed by atoms with E-state index in [2.05, 4.69) is 193 Å². The second-order valence-corrected chi connectivity index (χ2v) is 12.9. The first-order chi connectivity index (χ1) is 24.8. The lowest BCUT2D eigenvalue weighted by Gasteiger charge is -2.28. The van der Waals surface area contributed by atoms with Gasteiger partial charge in [0.05, 0.1) is 5.69 Å². The molecule has 0 amide bonds. The monoisotopic (exact) mass is 637 g/mol. The van der Waals surface area contributed by atoms with Crippen LogP contribution in [0.25, 0.3) is 76.5 Å². The Morgan fingerprint density at radius 1 is 0.340 bits per heavy atom. The fourth-order valence-corrected chi connectivity index (χ4v) is 7.59. The molecule has 50 heavy (non-hydrogen) atoms. The van der Waals surface area contributed by atoms with Crippen molar-refractivity contribution >= 4 is 71.3 Å². The molecule has 0 aliphatic heterocycles. The lowest BCUT2D eigenvalue weighted by Crippen LogP contribution is -2.11. The first-order valence-electron chi connectivity index (χ1n) is 17.1. The van der Waals surface area contributed by atoms with E-state index in [1.165, 1.54) is 38.1 Å². The Morgan fingerprint density at radius 3 is 1.80 bits per heavy atom. The summed E-state index contributed by atoms with van der Waals surface area (Å²) in [5, 5.41) is 9.56. The summed E-state index contributed by atoms with van der Waals surface area (Å²) < 4.78 is 6.48. The van der Waals surface area contributed by atoms with Crippen LogP contribution in [0.3, 0.4) is 0 Å². The third-order valence-corrected chi connectivity index (χ3v) is 10.0. The molecule has 0 N–H and O–H groups in total. The zero-order chi connectivity index (χ0) is 33.0. The van der Waals surface area contributed by atoms with E-state index in [1.54, 1.807) is 0 Å². The molecule has 0 unspecified atom stereocenters. The topological polar surface area (TPSA) is 16.4 Å². The zero-order valence-electron chi connectivity index (χ0n) is 27.3. The number of para-hydroxylation sites is 1. The Bertz CT molecular complexity index is 2870. The van der Waals surface area contributed by atoms with Crippen molar-refractivity contribution in [2.45, 2.75) is 0 Å². The minimum absolute atomic E-state index is 0.896. The van der Waals surface area contributed by atoms with E-state index in [4.69, 9.17) is 4.42 Å². The minimum Gasteiger partial charge on any atom is -0.455 e. The molecule has 0 aliphatic rings. The molecule has 10 aromatic rings. The van der Waals surface area contributed by atoms with Gasteiger partial charge in [-0.25, -0.2) is 0 Å². The molecule has 10 rings (SSSR count). The highest BCUT2D eigenvalue weighted by atomic mass is 16.3. The van der Waals surface area contributed by atoms with Gasteiger partial charge in [0, 0.05) is 33.1 Å². The standard InChI is InChI=1S/C48H31NO/c1-2-10-32(11-3-1)33-20-24-38(25-21-33)49(39-26-28-41-36(30-39)19-18-34-12-4-6-14-40(34)41)46-17-9-8-15-42(46)37-23-29-47-45(31-37)44-27-22-35-13-5-7-16-43(35)48(44)50-47/h1-31H. The highest BCUT2D eigenvalue weighted by Crippen LogP contribution is 2.44. The van der Waals surface area contributed by atoms with E-state index in [1.807, 2.05) is 0 Å².